The first kappa shape index (κ1) is 8.07. The summed E-state index contributed by atoms with van der Waals surface area (Å²) in [5.74, 6) is 0.716. The Balaban J connectivity index is 2.56. The third kappa shape index (κ3) is 1.73. The zero-order valence-electron chi connectivity index (χ0n) is 6.23. The van der Waals surface area contributed by atoms with Crippen molar-refractivity contribution in [3.63, 3.8) is 0 Å². The Morgan fingerprint density at radius 3 is 2.80 bits per heavy atom. The maximum atomic E-state index is 8.77. The van der Waals surface area contributed by atoms with Crippen molar-refractivity contribution in [2.75, 3.05) is 0 Å². The summed E-state index contributed by atoms with van der Waals surface area (Å²) in [6, 6.07) is 2.33. The summed E-state index contributed by atoms with van der Waals surface area (Å²) in [5, 5.41) is 8.77. The van der Waals surface area contributed by atoms with Crippen LogP contribution in [0.15, 0.2) is 0 Å². The van der Waals surface area contributed by atoms with Crippen LogP contribution in [-0.4, -0.2) is 4.32 Å². The monoisotopic (exact) mass is 201 g/mol. The van der Waals surface area contributed by atoms with Gasteiger partial charge in [0.1, 0.15) is 4.32 Å². The van der Waals surface area contributed by atoms with Gasteiger partial charge in [0.05, 0.1) is 6.07 Å². The molecule has 0 aromatic rings. The van der Waals surface area contributed by atoms with E-state index in [1.807, 2.05) is 0 Å². The quantitative estimate of drug-likeness (QED) is 0.554. The largest absolute Gasteiger partial charge is 0.197 e. The highest BCUT2D eigenvalue weighted by molar-refractivity contribution is 9.10. The van der Waals surface area contributed by atoms with Crippen LogP contribution in [0.2, 0.25) is 0 Å². The lowest BCUT2D eigenvalue weighted by molar-refractivity contribution is 0.360. The molecule has 0 spiro atoms. The minimum absolute atomic E-state index is 0.190. The van der Waals surface area contributed by atoms with E-state index in [1.54, 1.807) is 0 Å². The Labute approximate surface area is 70.5 Å². The number of alkyl halides is 1. The van der Waals surface area contributed by atoms with Gasteiger partial charge in [0.2, 0.25) is 0 Å². The Kier molecular flexibility index (Phi) is 2.36. The van der Waals surface area contributed by atoms with Crippen LogP contribution >= 0.6 is 15.9 Å². The standard InChI is InChI=1S/C8H12BrN/c1-7-3-2-4-8(9,5-7)6-10/h7H,2-5H2,1H3. The van der Waals surface area contributed by atoms with Crippen molar-refractivity contribution in [2.45, 2.75) is 36.9 Å². The highest BCUT2D eigenvalue weighted by Crippen LogP contribution is 2.37. The molecular weight excluding hydrogens is 190 g/mol. The number of hydrogen-bond donors (Lipinski definition) is 0. The Morgan fingerprint density at radius 1 is 1.70 bits per heavy atom. The second-order valence-corrected chi connectivity index (χ2v) is 4.80. The van der Waals surface area contributed by atoms with Crippen molar-refractivity contribution in [1.29, 1.82) is 5.26 Å². The molecule has 1 saturated carbocycles. The predicted molar refractivity (Wildman–Crippen MR) is 44.9 cm³/mol. The van der Waals surface area contributed by atoms with Crippen LogP contribution in [-0.2, 0) is 0 Å². The van der Waals surface area contributed by atoms with Crippen LogP contribution in [0.4, 0.5) is 0 Å². The second-order valence-electron chi connectivity index (χ2n) is 3.28. The van der Waals surface area contributed by atoms with Crippen molar-refractivity contribution < 1.29 is 0 Å². The molecule has 0 aromatic carbocycles. The third-order valence-corrected chi connectivity index (χ3v) is 3.04. The van der Waals surface area contributed by atoms with Crippen LogP contribution in [0.1, 0.15) is 32.6 Å². The van der Waals surface area contributed by atoms with E-state index in [1.165, 1.54) is 12.8 Å². The molecule has 56 valence electrons. The topological polar surface area (TPSA) is 23.8 Å². The molecule has 2 atom stereocenters. The fraction of sp³-hybridized carbons (Fsp3) is 0.875. The van der Waals surface area contributed by atoms with Gasteiger partial charge in [-0.1, -0.05) is 35.7 Å². The molecule has 0 aromatic heterocycles. The maximum Gasteiger partial charge on any atom is 0.112 e. The molecule has 0 amide bonds. The first-order valence-electron chi connectivity index (χ1n) is 3.76. The number of nitriles is 1. The average molecular weight is 202 g/mol. The molecule has 1 fully saturated rings. The van der Waals surface area contributed by atoms with Crippen molar-refractivity contribution >= 4 is 15.9 Å². The average Bonchev–Trinajstić information content (AvgIpc) is 1.88. The van der Waals surface area contributed by atoms with E-state index in [2.05, 4.69) is 28.9 Å². The molecule has 1 aliphatic rings. The van der Waals surface area contributed by atoms with Crippen molar-refractivity contribution in [1.82, 2.24) is 0 Å². The lowest BCUT2D eigenvalue weighted by Crippen LogP contribution is -2.25. The van der Waals surface area contributed by atoms with E-state index >= 15 is 0 Å². The first-order chi connectivity index (χ1) is 4.66. The summed E-state index contributed by atoms with van der Waals surface area (Å²) in [6.07, 6.45) is 4.52. The summed E-state index contributed by atoms with van der Waals surface area (Å²) in [5.41, 5.74) is 0. The lowest BCUT2D eigenvalue weighted by atomic mass is 9.83. The molecule has 0 N–H and O–H groups in total. The number of nitrogens with zero attached hydrogens (tertiary/aromatic N) is 1. The molecule has 2 unspecified atom stereocenters. The molecule has 1 rings (SSSR count). The van der Waals surface area contributed by atoms with E-state index in [9.17, 15) is 0 Å². The maximum absolute atomic E-state index is 8.77. The minimum atomic E-state index is -0.190. The van der Waals surface area contributed by atoms with Gasteiger partial charge in [-0.05, 0) is 18.8 Å². The van der Waals surface area contributed by atoms with Gasteiger partial charge in [-0.2, -0.15) is 5.26 Å². The molecule has 0 bridgehead atoms. The summed E-state index contributed by atoms with van der Waals surface area (Å²) >= 11 is 3.47. The first-order valence-corrected chi connectivity index (χ1v) is 4.56. The van der Waals surface area contributed by atoms with Gasteiger partial charge in [0.25, 0.3) is 0 Å². The fourth-order valence-electron chi connectivity index (χ4n) is 1.59. The molecule has 0 radical (unpaired) electrons. The van der Waals surface area contributed by atoms with Gasteiger partial charge in [-0.3, -0.25) is 0 Å². The molecule has 10 heavy (non-hydrogen) atoms. The van der Waals surface area contributed by atoms with Crippen molar-refractivity contribution in [3.05, 3.63) is 0 Å². The van der Waals surface area contributed by atoms with Crippen molar-refractivity contribution in [2.24, 2.45) is 5.92 Å². The zero-order chi connectivity index (χ0) is 7.61. The van der Waals surface area contributed by atoms with Gasteiger partial charge < -0.3 is 0 Å². The molecule has 2 heteroatoms. The Hall–Kier alpha value is -0.0300. The normalized spacial score (nSPS) is 40.7. The number of halogens is 1. The van der Waals surface area contributed by atoms with E-state index < -0.39 is 0 Å². The van der Waals surface area contributed by atoms with E-state index in [0.29, 0.717) is 5.92 Å². The zero-order valence-corrected chi connectivity index (χ0v) is 7.82. The Bertz CT molecular complexity index is 161. The lowest BCUT2D eigenvalue weighted by Gasteiger charge is -2.28. The van der Waals surface area contributed by atoms with Crippen LogP contribution in [0.25, 0.3) is 0 Å². The molecule has 0 saturated heterocycles. The van der Waals surface area contributed by atoms with Gasteiger partial charge in [0, 0.05) is 0 Å². The molecule has 1 aliphatic carbocycles. The Morgan fingerprint density at radius 2 is 2.40 bits per heavy atom. The van der Waals surface area contributed by atoms with Gasteiger partial charge in [-0.15, -0.1) is 0 Å². The van der Waals surface area contributed by atoms with Crippen LogP contribution < -0.4 is 0 Å². The van der Waals surface area contributed by atoms with E-state index in [4.69, 9.17) is 5.26 Å². The van der Waals surface area contributed by atoms with Crippen LogP contribution in [0.5, 0.6) is 0 Å². The number of hydrogen-bond acceptors (Lipinski definition) is 1. The molecule has 1 nitrogen and oxygen atoms in total. The summed E-state index contributed by atoms with van der Waals surface area (Å²) in [7, 11) is 0. The second kappa shape index (κ2) is 2.92. The highest BCUT2D eigenvalue weighted by atomic mass is 79.9. The summed E-state index contributed by atoms with van der Waals surface area (Å²) < 4.78 is -0.190. The minimum Gasteiger partial charge on any atom is -0.197 e. The third-order valence-electron chi connectivity index (χ3n) is 2.14. The summed E-state index contributed by atoms with van der Waals surface area (Å²) in [6.45, 7) is 2.21. The molecule has 0 aliphatic heterocycles. The predicted octanol–water partition coefficient (Wildman–Crippen LogP) is 2.85. The fourth-order valence-corrected chi connectivity index (χ4v) is 2.42. The van der Waals surface area contributed by atoms with Crippen molar-refractivity contribution in [3.8, 4) is 6.07 Å². The summed E-state index contributed by atoms with van der Waals surface area (Å²) in [4.78, 5) is 0. The van der Waals surface area contributed by atoms with Gasteiger partial charge >= 0.3 is 0 Å². The highest BCUT2D eigenvalue weighted by Gasteiger charge is 2.31. The van der Waals surface area contributed by atoms with Gasteiger partial charge in [-0.25, -0.2) is 0 Å². The molecule has 0 heterocycles. The van der Waals surface area contributed by atoms with Crippen LogP contribution in [0, 0.1) is 17.2 Å². The molecular formula is C8H12BrN. The van der Waals surface area contributed by atoms with E-state index in [-0.39, 0.29) is 4.32 Å². The smallest absolute Gasteiger partial charge is 0.112 e. The van der Waals surface area contributed by atoms with Crippen LogP contribution in [0.3, 0.4) is 0 Å². The van der Waals surface area contributed by atoms with E-state index in [0.717, 1.165) is 12.8 Å². The SMILES string of the molecule is CC1CCCC(Br)(C#N)C1. The van der Waals surface area contributed by atoms with Gasteiger partial charge in [0.15, 0.2) is 0 Å². The number of rotatable bonds is 0.